The molecule has 0 unspecified atom stereocenters. The lowest BCUT2D eigenvalue weighted by Gasteiger charge is -2.05. The molecular weight excluding hydrogens is 249 g/mol. The second-order valence-corrected chi connectivity index (χ2v) is 4.62. The zero-order chi connectivity index (χ0) is 13.1. The third-order valence-electron chi connectivity index (χ3n) is 3.63. The highest BCUT2D eigenvalue weighted by atomic mass is 19.2. The predicted molar refractivity (Wildman–Crippen MR) is 68.3 cm³/mol. The lowest BCUT2D eigenvalue weighted by molar-refractivity contribution is 0.449. The first-order valence-corrected chi connectivity index (χ1v) is 5.88. The quantitative estimate of drug-likeness (QED) is 0.392. The number of fused-ring (bicyclic) bond motifs is 3. The Labute approximate surface area is 107 Å². The van der Waals surface area contributed by atoms with Crippen LogP contribution in [0, 0.1) is 17.5 Å². The van der Waals surface area contributed by atoms with Gasteiger partial charge >= 0.3 is 0 Å². The van der Waals surface area contributed by atoms with E-state index in [1.807, 2.05) is 18.2 Å². The molecule has 0 bridgehead atoms. The van der Waals surface area contributed by atoms with Crippen molar-refractivity contribution >= 4 is 10.8 Å². The Morgan fingerprint density at radius 2 is 1.37 bits per heavy atom. The van der Waals surface area contributed by atoms with Crippen molar-refractivity contribution in [1.29, 1.82) is 0 Å². The molecule has 0 radical (unpaired) electrons. The largest absolute Gasteiger partial charge is 0.204 e. The number of benzene rings is 3. The standard InChI is InChI=1S/C16H7F3/c17-12-7-11-9-5-1-3-8-4-2-6-10(13(8)9)14(11)16(19)15(12)18/h1-7H. The summed E-state index contributed by atoms with van der Waals surface area (Å²) in [5.74, 6) is -3.68. The summed E-state index contributed by atoms with van der Waals surface area (Å²) in [5.41, 5.74) is 1.95. The predicted octanol–water partition coefficient (Wildman–Crippen LogP) is 4.90. The zero-order valence-corrected chi connectivity index (χ0v) is 9.68. The first-order chi connectivity index (χ1) is 9.18. The fourth-order valence-electron chi connectivity index (χ4n) is 2.84. The van der Waals surface area contributed by atoms with Gasteiger partial charge in [0.2, 0.25) is 0 Å². The molecule has 0 saturated heterocycles. The minimum absolute atomic E-state index is 0.158. The fraction of sp³-hybridized carbons (Fsp3) is 0. The van der Waals surface area contributed by atoms with Crippen LogP contribution in [0.15, 0.2) is 42.5 Å². The molecule has 0 saturated carbocycles. The summed E-state index contributed by atoms with van der Waals surface area (Å²) in [7, 11) is 0. The van der Waals surface area contributed by atoms with E-state index >= 15 is 0 Å². The van der Waals surface area contributed by atoms with Crippen LogP contribution in [0.2, 0.25) is 0 Å². The number of hydrogen-bond acceptors (Lipinski definition) is 0. The topological polar surface area (TPSA) is 0 Å². The Hall–Kier alpha value is -2.29. The highest BCUT2D eigenvalue weighted by Gasteiger charge is 2.28. The molecule has 0 spiro atoms. The van der Waals surface area contributed by atoms with Crippen LogP contribution in [-0.2, 0) is 0 Å². The van der Waals surface area contributed by atoms with E-state index < -0.39 is 17.5 Å². The molecule has 3 aromatic carbocycles. The molecule has 0 fully saturated rings. The van der Waals surface area contributed by atoms with Crippen LogP contribution in [0.5, 0.6) is 0 Å². The van der Waals surface area contributed by atoms with Crippen LogP contribution in [0.4, 0.5) is 13.2 Å². The molecule has 0 heterocycles. The molecule has 19 heavy (non-hydrogen) atoms. The molecular formula is C16H7F3. The molecule has 1 aliphatic carbocycles. The number of rotatable bonds is 0. The van der Waals surface area contributed by atoms with Gasteiger partial charge < -0.3 is 0 Å². The molecule has 92 valence electrons. The van der Waals surface area contributed by atoms with Crippen molar-refractivity contribution in [2.75, 3.05) is 0 Å². The van der Waals surface area contributed by atoms with E-state index in [1.54, 1.807) is 18.2 Å². The minimum Gasteiger partial charge on any atom is -0.204 e. The van der Waals surface area contributed by atoms with E-state index in [4.69, 9.17) is 0 Å². The van der Waals surface area contributed by atoms with Crippen LogP contribution >= 0.6 is 0 Å². The highest BCUT2D eigenvalue weighted by Crippen LogP contribution is 2.48. The summed E-state index contributed by atoms with van der Waals surface area (Å²) in [5, 5.41) is 1.79. The van der Waals surface area contributed by atoms with Gasteiger partial charge in [0.05, 0.1) is 0 Å². The van der Waals surface area contributed by atoms with Gasteiger partial charge in [0.1, 0.15) is 0 Å². The van der Waals surface area contributed by atoms with Crippen LogP contribution in [0.25, 0.3) is 33.0 Å². The third kappa shape index (κ3) is 1.19. The summed E-state index contributed by atoms with van der Waals surface area (Å²) in [6.07, 6.45) is 0. The molecule has 0 atom stereocenters. The van der Waals surface area contributed by atoms with Gasteiger partial charge in [0.15, 0.2) is 17.5 Å². The molecule has 0 N–H and O–H groups in total. The van der Waals surface area contributed by atoms with Gasteiger partial charge in [-0.25, -0.2) is 13.2 Å². The van der Waals surface area contributed by atoms with E-state index in [1.165, 1.54) is 0 Å². The second-order valence-electron chi connectivity index (χ2n) is 4.62. The molecule has 0 aromatic heterocycles. The van der Waals surface area contributed by atoms with Crippen molar-refractivity contribution in [3.63, 3.8) is 0 Å². The van der Waals surface area contributed by atoms with Crippen molar-refractivity contribution < 1.29 is 13.2 Å². The van der Waals surface area contributed by atoms with E-state index in [-0.39, 0.29) is 5.56 Å². The van der Waals surface area contributed by atoms with Crippen molar-refractivity contribution in [3.8, 4) is 22.3 Å². The van der Waals surface area contributed by atoms with Crippen LogP contribution in [0.3, 0.4) is 0 Å². The van der Waals surface area contributed by atoms with Crippen LogP contribution in [-0.4, -0.2) is 0 Å². The third-order valence-corrected chi connectivity index (χ3v) is 3.63. The zero-order valence-electron chi connectivity index (χ0n) is 9.68. The van der Waals surface area contributed by atoms with Gasteiger partial charge in [0, 0.05) is 5.56 Å². The van der Waals surface area contributed by atoms with Gasteiger partial charge in [-0.05, 0) is 33.5 Å². The van der Waals surface area contributed by atoms with Crippen molar-refractivity contribution in [1.82, 2.24) is 0 Å². The van der Waals surface area contributed by atoms with Crippen molar-refractivity contribution in [2.45, 2.75) is 0 Å². The summed E-state index contributed by atoms with van der Waals surface area (Å²) in [4.78, 5) is 0. The second kappa shape index (κ2) is 3.38. The summed E-state index contributed by atoms with van der Waals surface area (Å²) >= 11 is 0. The first kappa shape index (κ1) is 10.6. The van der Waals surface area contributed by atoms with E-state index in [9.17, 15) is 13.2 Å². The number of hydrogen-bond donors (Lipinski definition) is 0. The summed E-state index contributed by atoms with van der Waals surface area (Å²) in [6.45, 7) is 0. The minimum atomic E-state index is -1.41. The molecule has 4 rings (SSSR count). The lowest BCUT2D eigenvalue weighted by atomic mass is 10.0. The van der Waals surface area contributed by atoms with Gasteiger partial charge in [-0.15, -0.1) is 0 Å². The maximum absolute atomic E-state index is 14.0. The van der Waals surface area contributed by atoms with Crippen molar-refractivity contribution in [3.05, 3.63) is 59.9 Å². The number of halogens is 3. The monoisotopic (exact) mass is 256 g/mol. The fourth-order valence-corrected chi connectivity index (χ4v) is 2.84. The van der Waals surface area contributed by atoms with Gasteiger partial charge in [-0.1, -0.05) is 36.4 Å². The van der Waals surface area contributed by atoms with Crippen LogP contribution in [0.1, 0.15) is 0 Å². The maximum atomic E-state index is 14.0. The molecule has 1 aliphatic rings. The normalized spacial score (nSPS) is 11.9. The maximum Gasteiger partial charge on any atom is 0.195 e. The summed E-state index contributed by atoms with van der Waals surface area (Å²) in [6, 6.07) is 12.0. The van der Waals surface area contributed by atoms with E-state index in [0.29, 0.717) is 11.1 Å². The Morgan fingerprint density at radius 1 is 0.684 bits per heavy atom. The van der Waals surface area contributed by atoms with Crippen LogP contribution < -0.4 is 0 Å². The van der Waals surface area contributed by atoms with Gasteiger partial charge in [-0.3, -0.25) is 0 Å². The molecule has 0 aliphatic heterocycles. The van der Waals surface area contributed by atoms with E-state index in [0.717, 1.165) is 22.4 Å². The van der Waals surface area contributed by atoms with E-state index in [2.05, 4.69) is 0 Å². The SMILES string of the molecule is Fc1cc2c(c(F)c1F)-c1cccc3cccc-2c13. The average molecular weight is 256 g/mol. The molecule has 0 amide bonds. The highest BCUT2D eigenvalue weighted by molar-refractivity contribution is 6.15. The van der Waals surface area contributed by atoms with Crippen molar-refractivity contribution in [2.24, 2.45) is 0 Å². The Morgan fingerprint density at radius 3 is 2.11 bits per heavy atom. The Bertz CT molecular complexity index is 845. The Balaban J connectivity index is 2.27. The summed E-state index contributed by atoms with van der Waals surface area (Å²) < 4.78 is 40.9. The Kier molecular flexibility index (Phi) is 1.89. The lowest BCUT2D eigenvalue weighted by Crippen LogP contribution is -1.94. The average Bonchev–Trinajstić information content (AvgIpc) is 2.74. The smallest absolute Gasteiger partial charge is 0.195 e. The van der Waals surface area contributed by atoms with Gasteiger partial charge in [0.25, 0.3) is 0 Å². The first-order valence-electron chi connectivity index (χ1n) is 5.88. The molecule has 3 aromatic rings. The molecule has 3 heteroatoms. The van der Waals surface area contributed by atoms with Gasteiger partial charge in [-0.2, -0.15) is 0 Å². The molecule has 0 nitrogen and oxygen atoms in total.